The zero-order valence-corrected chi connectivity index (χ0v) is 9.59. The lowest BCUT2D eigenvalue weighted by Gasteiger charge is -2.08. The molecule has 0 heterocycles. The Labute approximate surface area is 83.0 Å². The third-order valence-electron chi connectivity index (χ3n) is 2.22. The van der Waals surface area contributed by atoms with E-state index in [4.69, 9.17) is 0 Å². The van der Waals surface area contributed by atoms with Gasteiger partial charge in [0.2, 0.25) is 0 Å². The summed E-state index contributed by atoms with van der Waals surface area (Å²) in [4.78, 5) is 0. The van der Waals surface area contributed by atoms with Crippen molar-refractivity contribution in [2.75, 3.05) is 0 Å². The van der Waals surface area contributed by atoms with Gasteiger partial charge in [0.1, 0.15) is 0 Å². The van der Waals surface area contributed by atoms with Gasteiger partial charge in [-0.15, -0.1) is 0 Å². The Bertz CT molecular complexity index is 225. The summed E-state index contributed by atoms with van der Waals surface area (Å²) in [5.41, 5.74) is 2.83. The highest BCUT2D eigenvalue weighted by molar-refractivity contribution is 5.24. The fourth-order valence-electron chi connectivity index (χ4n) is 1.21. The molecule has 0 bridgehead atoms. The van der Waals surface area contributed by atoms with Crippen molar-refractivity contribution < 1.29 is 0 Å². The first-order valence-corrected chi connectivity index (χ1v) is 5.30. The van der Waals surface area contributed by atoms with Crippen LogP contribution in [0.5, 0.6) is 0 Å². The predicted molar refractivity (Wildman–Crippen MR) is 61.2 cm³/mol. The maximum Gasteiger partial charge on any atom is -0.0193 e. The van der Waals surface area contributed by atoms with E-state index in [1.165, 1.54) is 17.5 Å². The molecular weight excluding hydrogens is 156 g/mol. The summed E-state index contributed by atoms with van der Waals surface area (Å²) in [5, 5.41) is 0. The van der Waals surface area contributed by atoms with Gasteiger partial charge in [0.25, 0.3) is 0 Å². The molecule has 13 heavy (non-hydrogen) atoms. The van der Waals surface area contributed by atoms with Gasteiger partial charge in [-0.3, -0.25) is 0 Å². The molecule has 0 amide bonds. The van der Waals surface area contributed by atoms with Crippen LogP contribution in [0.1, 0.15) is 51.2 Å². The number of benzene rings is 1. The quantitative estimate of drug-likeness (QED) is 0.624. The highest BCUT2D eigenvalue weighted by atomic mass is 14.1. The standard InChI is InChI=1S/C11H16.C2H6/c1-4-10(3)11-7-5-6-9(2)8-11;1-2/h5-8,10H,4H2,1-3H3;1-2H3. The molecular formula is C13H22. The van der Waals surface area contributed by atoms with Crippen molar-refractivity contribution in [3.05, 3.63) is 35.4 Å². The average Bonchev–Trinajstić information content (AvgIpc) is 2.20. The monoisotopic (exact) mass is 178 g/mol. The van der Waals surface area contributed by atoms with Crippen LogP contribution in [0.25, 0.3) is 0 Å². The molecule has 0 saturated carbocycles. The molecule has 0 aliphatic heterocycles. The molecule has 0 saturated heterocycles. The number of rotatable bonds is 2. The molecule has 1 atom stereocenters. The second-order valence-electron chi connectivity index (χ2n) is 3.22. The molecule has 0 spiro atoms. The lowest BCUT2D eigenvalue weighted by atomic mass is 9.97. The molecule has 0 fully saturated rings. The van der Waals surface area contributed by atoms with Gasteiger partial charge in [0.05, 0.1) is 0 Å². The summed E-state index contributed by atoms with van der Waals surface area (Å²) in [6, 6.07) is 8.76. The summed E-state index contributed by atoms with van der Waals surface area (Å²) in [5.74, 6) is 0.704. The van der Waals surface area contributed by atoms with Crippen LogP contribution < -0.4 is 0 Å². The van der Waals surface area contributed by atoms with Gasteiger partial charge in [-0.25, -0.2) is 0 Å². The van der Waals surface area contributed by atoms with Crippen molar-refractivity contribution in [2.24, 2.45) is 0 Å². The first-order chi connectivity index (χ1) is 6.24. The minimum absolute atomic E-state index is 0.704. The molecule has 0 nitrogen and oxygen atoms in total. The molecule has 1 aromatic rings. The maximum atomic E-state index is 2.27. The minimum Gasteiger partial charge on any atom is -0.0683 e. The molecule has 0 radical (unpaired) electrons. The summed E-state index contributed by atoms with van der Waals surface area (Å²) in [7, 11) is 0. The van der Waals surface area contributed by atoms with Crippen LogP contribution in [0.4, 0.5) is 0 Å². The largest absolute Gasteiger partial charge is 0.0683 e. The van der Waals surface area contributed by atoms with E-state index in [2.05, 4.69) is 45.0 Å². The lowest BCUT2D eigenvalue weighted by molar-refractivity contribution is 0.733. The van der Waals surface area contributed by atoms with E-state index in [-0.39, 0.29) is 0 Å². The van der Waals surface area contributed by atoms with E-state index >= 15 is 0 Å². The second-order valence-corrected chi connectivity index (χ2v) is 3.22. The average molecular weight is 178 g/mol. The van der Waals surface area contributed by atoms with Crippen LogP contribution in [0.2, 0.25) is 0 Å². The first kappa shape index (κ1) is 12.2. The van der Waals surface area contributed by atoms with Crippen LogP contribution in [-0.4, -0.2) is 0 Å². The Morgan fingerprint density at radius 1 is 1.23 bits per heavy atom. The van der Waals surface area contributed by atoms with Gasteiger partial charge in [0, 0.05) is 0 Å². The smallest absolute Gasteiger partial charge is 0.0193 e. The van der Waals surface area contributed by atoms with E-state index in [1.54, 1.807) is 0 Å². The van der Waals surface area contributed by atoms with Crippen LogP contribution in [-0.2, 0) is 0 Å². The van der Waals surface area contributed by atoms with Gasteiger partial charge in [-0.05, 0) is 24.8 Å². The van der Waals surface area contributed by atoms with Gasteiger partial charge >= 0.3 is 0 Å². The number of hydrogen-bond donors (Lipinski definition) is 0. The first-order valence-electron chi connectivity index (χ1n) is 5.30. The molecule has 0 heteroatoms. The van der Waals surface area contributed by atoms with E-state index < -0.39 is 0 Å². The van der Waals surface area contributed by atoms with E-state index in [1.807, 2.05) is 13.8 Å². The summed E-state index contributed by atoms with van der Waals surface area (Å²) in [6.07, 6.45) is 1.23. The Kier molecular flexibility index (Phi) is 6.30. The van der Waals surface area contributed by atoms with Gasteiger partial charge < -0.3 is 0 Å². The van der Waals surface area contributed by atoms with Crippen molar-refractivity contribution in [1.29, 1.82) is 0 Å². The van der Waals surface area contributed by atoms with Gasteiger partial charge in [0.15, 0.2) is 0 Å². The van der Waals surface area contributed by atoms with Crippen molar-refractivity contribution in [3.63, 3.8) is 0 Å². The second kappa shape index (κ2) is 6.71. The molecule has 0 aliphatic rings. The zero-order chi connectivity index (χ0) is 10.3. The van der Waals surface area contributed by atoms with E-state index in [0.717, 1.165) is 0 Å². The Balaban J connectivity index is 0.000000671. The SMILES string of the molecule is CC.CCC(C)c1cccc(C)c1. The van der Waals surface area contributed by atoms with Crippen molar-refractivity contribution in [2.45, 2.75) is 47.0 Å². The maximum absolute atomic E-state index is 2.27. The highest BCUT2D eigenvalue weighted by Gasteiger charge is 2.00. The lowest BCUT2D eigenvalue weighted by Crippen LogP contribution is -1.90. The fraction of sp³-hybridized carbons (Fsp3) is 0.538. The summed E-state index contributed by atoms with van der Waals surface area (Å²) >= 11 is 0. The Morgan fingerprint density at radius 2 is 1.85 bits per heavy atom. The van der Waals surface area contributed by atoms with Gasteiger partial charge in [-0.1, -0.05) is 57.5 Å². The molecule has 0 aliphatic carbocycles. The van der Waals surface area contributed by atoms with Crippen LogP contribution in [0.15, 0.2) is 24.3 Å². The van der Waals surface area contributed by atoms with Gasteiger partial charge in [-0.2, -0.15) is 0 Å². The molecule has 74 valence electrons. The molecule has 1 aromatic carbocycles. The molecule has 0 aromatic heterocycles. The normalized spacial score (nSPS) is 11.5. The van der Waals surface area contributed by atoms with Crippen molar-refractivity contribution in [1.82, 2.24) is 0 Å². The minimum atomic E-state index is 0.704. The van der Waals surface area contributed by atoms with Crippen LogP contribution in [0.3, 0.4) is 0 Å². The van der Waals surface area contributed by atoms with Crippen molar-refractivity contribution in [3.8, 4) is 0 Å². The van der Waals surface area contributed by atoms with E-state index in [0.29, 0.717) is 5.92 Å². The zero-order valence-electron chi connectivity index (χ0n) is 9.59. The van der Waals surface area contributed by atoms with Crippen LogP contribution >= 0.6 is 0 Å². The third kappa shape index (κ3) is 4.12. The topological polar surface area (TPSA) is 0 Å². The van der Waals surface area contributed by atoms with Crippen LogP contribution in [0, 0.1) is 6.92 Å². The summed E-state index contributed by atoms with van der Waals surface area (Å²) in [6.45, 7) is 10.6. The Hall–Kier alpha value is -0.780. The molecule has 1 unspecified atom stereocenters. The fourth-order valence-corrected chi connectivity index (χ4v) is 1.21. The summed E-state index contributed by atoms with van der Waals surface area (Å²) < 4.78 is 0. The number of aryl methyl sites for hydroxylation is 1. The molecule has 0 N–H and O–H groups in total. The number of hydrogen-bond acceptors (Lipinski definition) is 0. The van der Waals surface area contributed by atoms with E-state index in [9.17, 15) is 0 Å². The highest BCUT2D eigenvalue weighted by Crippen LogP contribution is 2.18. The Morgan fingerprint density at radius 3 is 2.31 bits per heavy atom. The third-order valence-corrected chi connectivity index (χ3v) is 2.22. The predicted octanol–water partition coefficient (Wildman–Crippen LogP) is 4.53. The molecule has 1 rings (SSSR count). The van der Waals surface area contributed by atoms with Crippen molar-refractivity contribution >= 4 is 0 Å².